The number of carbonyl (C=O) groups excluding carboxylic acids is 4. The molecule has 0 radical (unpaired) electrons. The lowest BCUT2D eigenvalue weighted by atomic mass is 9.94. The molecule has 2 N–H and O–H groups in total. The topological polar surface area (TPSA) is 98.8 Å². The Labute approximate surface area is 265 Å². The average molecular weight is 696 g/mol. The normalized spacial score (nSPS) is 13.9. The van der Waals surface area contributed by atoms with E-state index in [2.05, 4.69) is 10.6 Å². The third-order valence-electron chi connectivity index (χ3n) is 7.69. The van der Waals surface area contributed by atoms with E-state index in [-0.39, 0.29) is 57.6 Å². The van der Waals surface area contributed by atoms with Gasteiger partial charge in [0, 0.05) is 59.2 Å². The Balaban J connectivity index is 0.00000202. The lowest BCUT2D eigenvalue weighted by molar-refractivity contribution is 0.0596. The van der Waals surface area contributed by atoms with Crippen molar-refractivity contribution in [2.45, 2.75) is 12.8 Å². The van der Waals surface area contributed by atoms with E-state index >= 15 is 0 Å². The van der Waals surface area contributed by atoms with Crippen LogP contribution in [0.1, 0.15) is 54.3 Å². The van der Waals surface area contributed by atoms with Crippen LogP contribution >= 0.6 is 34.0 Å². The van der Waals surface area contributed by atoms with Crippen LogP contribution in [0.3, 0.4) is 0 Å². The summed E-state index contributed by atoms with van der Waals surface area (Å²) in [5, 5.41) is 9.94. The highest BCUT2D eigenvalue weighted by molar-refractivity contribution is 8.93. The van der Waals surface area contributed by atoms with Crippen molar-refractivity contribution in [3.8, 4) is 0 Å². The Kier molecular flexibility index (Phi) is 10.3. The van der Waals surface area contributed by atoms with E-state index in [1.165, 1.54) is 9.80 Å². The number of imide groups is 2. The number of nitrogens with one attached hydrogen (secondary N) is 2. The second kappa shape index (κ2) is 13.7. The van der Waals surface area contributed by atoms with E-state index in [1.54, 1.807) is 24.3 Å². The third-order valence-corrected chi connectivity index (χ3v) is 7.69. The fourth-order valence-corrected chi connectivity index (χ4v) is 5.70. The molecular weight excluding hydrogens is 664 g/mol. The van der Waals surface area contributed by atoms with Gasteiger partial charge in [-0.25, -0.2) is 0 Å². The van der Waals surface area contributed by atoms with Crippen molar-refractivity contribution < 1.29 is 19.2 Å². The third kappa shape index (κ3) is 5.76. The zero-order valence-electron chi connectivity index (χ0n) is 22.9. The summed E-state index contributed by atoms with van der Waals surface area (Å²) in [4.78, 5) is 54.5. The molecule has 4 aromatic carbocycles. The lowest BCUT2D eigenvalue weighted by Crippen LogP contribution is -2.44. The number of nitrogens with zero attached hydrogens (tertiary/aromatic N) is 2. The van der Waals surface area contributed by atoms with Gasteiger partial charge in [0.05, 0.1) is 0 Å². The standard InChI is InChI=1S/C32H30N4O4.2BrH/c37-29-23-11-3-7-21-8-4-12-24(27(21)23)30(38)35(29)19-17-33-15-1-2-16-34-18-20-36-31(39)25-13-5-9-22-10-6-14-26(28(22)25)32(36)40;;/h3-14,33-34H,1-2,15-20H2;2*1H. The van der Waals surface area contributed by atoms with E-state index in [1.807, 2.05) is 48.5 Å². The Hall–Kier alpha value is -3.44. The van der Waals surface area contributed by atoms with E-state index < -0.39 is 0 Å². The fourth-order valence-electron chi connectivity index (χ4n) is 5.70. The van der Waals surface area contributed by atoms with E-state index in [0.29, 0.717) is 48.4 Å². The molecule has 0 bridgehead atoms. The number of halogens is 2. The highest BCUT2D eigenvalue weighted by Gasteiger charge is 2.33. The Morgan fingerprint density at radius 3 is 1.07 bits per heavy atom. The molecule has 10 heteroatoms. The molecule has 2 aliphatic rings. The van der Waals surface area contributed by atoms with Gasteiger partial charge in [-0.15, -0.1) is 34.0 Å². The quantitative estimate of drug-likeness (QED) is 0.169. The SMILES string of the molecule is Br.Br.O=C1c2cccc3cccc(c23)C(=O)N1CCNCCCCNCCN1C(=O)c2cccc3cccc(c23)C1=O. The number of carbonyl (C=O) groups is 4. The lowest BCUT2D eigenvalue weighted by Gasteiger charge is -2.27. The first kappa shape index (κ1) is 31.5. The van der Waals surface area contributed by atoms with Gasteiger partial charge in [0.15, 0.2) is 0 Å². The van der Waals surface area contributed by atoms with Crippen LogP contribution in [0.2, 0.25) is 0 Å². The van der Waals surface area contributed by atoms with Crippen molar-refractivity contribution in [1.82, 2.24) is 20.4 Å². The molecule has 2 heterocycles. The van der Waals surface area contributed by atoms with Gasteiger partial charge >= 0.3 is 0 Å². The van der Waals surface area contributed by atoms with Crippen LogP contribution in [0, 0.1) is 0 Å². The first-order valence-corrected chi connectivity index (χ1v) is 13.7. The molecule has 4 aromatic rings. The molecule has 0 unspecified atom stereocenters. The number of benzene rings is 4. The van der Waals surface area contributed by atoms with Crippen molar-refractivity contribution in [2.75, 3.05) is 39.3 Å². The molecule has 2 aliphatic heterocycles. The summed E-state index contributed by atoms with van der Waals surface area (Å²) in [6, 6.07) is 22.2. The largest absolute Gasteiger partial charge is 0.315 e. The maximum absolute atomic E-state index is 13.0. The van der Waals surface area contributed by atoms with E-state index in [9.17, 15) is 19.2 Å². The van der Waals surface area contributed by atoms with Gasteiger partial charge < -0.3 is 10.6 Å². The molecule has 0 fully saturated rings. The summed E-state index contributed by atoms with van der Waals surface area (Å²) in [6.07, 6.45) is 1.82. The summed E-state index contributed by atoms with van der Waals surface area (Å²) in [5.41, 5.74) is 2.31. The molecular formula is C32H32Br2N4O4. The molecule has 6 rings (SSSR count). The van der Waals surface area contributed by atoms with E-state index in [4.69, 9.17) is 0 Å². The molecule has 0 spiro atoms. The number of amides is 4. The van der Waals surface area contributed by atoms with Gasteiger partial charge in [0.1, 0.15) is 0 Å². The molecule has 8 nitrogen and oxygen atoms in total. The zero-order chi connectivity index (χ0) is 27.6. The minimum absolute atomic E-state index is 0. The van der Waals surface area contributed by atoms with Crippen molar-refractivity contribution >= 4 is 79.1 Å². The van der Waals surface area contributed by atoms with Gasteiger partial charge in [0.2, 0.25) is 0 Å². The summed E-state index contributed by atoms with van der Waals surface area (Å²) in [7, 11) is 0. The van der Waals surface area contributed by atoms with Gasteiger partial charge in [-0.1, -0.05) is 48.5 Å². The number of rotatable bonds is 11. The predicted octanol–water partition coefficient (Wildman–Crippen LogP) is 5.00. The summed E-state index contributed by atoms with van der Waals surface area (Å²) in [5.74, 6) is -0.977. The van der Waals surface area contributed by atoms with Crippen molar-refractivity contribution in [2.24, 2.45) is 0 Å². The monoisotopic (exact) mass is 694 g/mol. The van der Waals surface area contributed by atoms with Crippen LogP contribution in [0.25, 0.3) is 21.5 Å². The first-order chi connectivity index (χ1) is 19.6. The van der Waals surface area contributed by atoms with Crippen LogP contribution in [0.4, 0.5) is 0 Å². The Bertz CT molecular complexity index is 1450. The minimum atomic E-state index is -0.244. The van der Waals surface area contributed by atoms with Crippen molar-refractivity contribution in [1.29, 1.82) is 0 Å². The molecule has 42 heavy (non-hydrogen) atoms. The maximum Gasteiger partial charge on any atom is 0.261 e. The fraction of sp³-hybridized carbons (Fsp3) is 0.250. The van der Waals surface area contributed by atoms with Crippen LogP contribution in [0.15, 0.2) is 72.8 Å². The summed E-state index contributed by atoms with van der Waals surface area (Å²) < 4.78 is 0. The van der Waals surface area contributed by atoms with Gasteiger partial charge in [-0.2, -0.15) is 0 Å². The molecule has 0 aromatic heterocycles. The van der Waals surface area contributed by atoms with Gasteiger partial charge in [0.25, 0.3) is 23.6 Å². The number of hydrogen-bond donors (Lipinski definition) is 2. The van der Waals surface area contributed by atoms with Gasteiger partial charge in [-0.3, -0.25) is 29.0 Å². The summed E-state index contributed by atoms with van der Waals surface area (Å²) in [6.45, 7) is 3.19. The number of unbranched alkanes of at least 4 members (excludes halogenated alkanes) is 1. The Morgan fingerprint density at radius 2 is 0.762 bits per heavy atom. The van der Waals surface area contributed by atoms with Crippen molar-refractivity contribution in [3.05, 3.63) is 95.1 Å². The molecule has 0 saturated carbocycles. The van der Waals surface area contributed by atoms with Crippen LogP contribution in [-0.4, -0.2) is 72.7 Å². The molecule has 4 amide bonds. The zero-order valence-corrected chi connectivity index (χ0v) is 26.4. The maximum atomic E-state index is 13.0. The molecule has 0 atom stereocenters. The first-order valence-electron chi connectivity index (χ1n) is 13.7. The molecule has 0 aliphatic carbocycles. The number of hydrogen-bond acceptors (Lipinski definition) is 6. The Morgan fingerprint density at radius 1 is 0.452 bits per heavy atom. The summed E-state index contributed by atoms with van der Waals surface area (Å²) >= 11 is 0. The molecule has 218 valence electrons. The van der Waals surface area contributed by atoms with E-state index in [0.717, 1.165) is 47.5 Å². The average Bonchev–Trinajstić information content (AvgIpc) is 2.98. The van der Waals surface area contributed by atoms with Gasteiger partial charge in [-0.05, 0) is 61.0 Å². The smallest absolute Gasteiger partial charge is 0.261 e. The second-order valence-corrected chi connectivity index (χ2v) is 10.1. The van der Waals surface area contributed by atoms with Crippen LogP contribution in [-0.2, 0) is 0 Å². The second-order valence-electron chi connectivity index (χ2n) is 10.1. The minimum Gasteiger partial charge on any atom is -0.315 e. The van der Waals surface area contributed by atoms with Crippen LogP contribution < -0.4 is 10.6 Å². The predicted molar refractivity (Wildman–Crippen MR) is 174 cm³/mol. The van der Waals surface area contributed by atoms with Crippen LogP contribution in [0.5, 0.6) is 0 Å². The van der Waals surface area contributed by atoms with Crippen molar-refractivity contribution in [3.63, 3.8) is 0 Å². The highest BCUT2D eigenvalue weighted by atomic mass is 79.9. The highest BCUT2D eigenvalue weighted by Crippen LogP contribution is 2.31. The molecule has 0 saturated heterocycles.